The maximum atomic E-state index is 13.2. The third-order valence-corrected chi connectivity index (χ3v) is 6.91. The summed E-state index contributed by atoms with van der Waals surface area (Å²) < 4.78 is 22.7. The van der Waals surface area contributed by atoms with Gasteiger partial charge in [0.15, 0.2) is 16.6 Å². The van der Waals surface area contributed by atoms with E-state index >= 15 is 0 Å². The van der Waals surface area contributed by atoms with Crippen LogP contribution in [0.5, 0.6) is 23.0 Å². The van der Waals surface area contributed by atoms with Crippen LogP contribution in [0, 0.1) is 6.92 Å². The highest BCUT2D eigenvalue weighted by molar-refractivity contribution is 7.22. The predicted molar refractivity (Wildman–Crippen MR) is 125 cm³/mol. The summed E-state index contributed by atoms with van der Waals surface area (Å²) in [6.07, 6.45) is 0. The summed E-state index contributed by atoms with van der Waals surface area (Å²) in [5.41, 5.74) is 2.58. The number of ether oxygens (including phenoxy) is 4. The van der Waals surface area contributed by atoms with Crippen LogP contribution in [0.25, 0.3) is 10.2 Å². The quantitative estimate of drug-likeness (QED) is 0.560. The Morgan fingerprint density at radius 2 is 1.53 bits per heavy atom. The van der Waals surface area contributed by atoms with Crippen LogP contribution in [-0.2, 0) is 0 Å². The largest absolute Gasteiger partial charge is 0.494 e. The van der Waals surface area contributed by atoms with E-state index in [0.29, 0.717) is 49.0 Å². The van der Waals surface area contributed by atoms with Gasteiger partial charge < -0.3 is 28.7 Å². The van der Waals surface area contributed by atoms with E-state index in [1.807, 2.05) is 11.0 Å². The maximum Gasteiger partial charge on any atom is 0.254 e. The molecule has 2 aromatic carbocycles. The number of hydrogen-bond donors (Lipinski definition) is 0. The fourth-order valence-electron chi connectivity index (χ4n) is 3.89. The van der Waals surface area contributed by atoms with Crippen molar-refractivity contribution in [2.45, 2.75) is 6.92 Å². The van der Waals surface area contributed by atoms with Crippen molar-refractivity contribution in [1.82, 2.24) is 9.88 Å². The monoisotopic (exact) mass is 457 g/mol. The van der Waals surface area contributed by atoms with Gasteiger partial charge in [-0.1, -0.05) is 17.4 Å². The molecule has 170 valence electrons. The van der Waals surface area contributed by atoms with Crippen LogP contribution in [0.1, 0.15) is 15.9 Å². The molecule has 1 amide bonds. The number of thiazole rings is 1. The number of amides is 1. The van der Waals surface area contributed by atoms with E-state index in [4.69, 9.17) is 23.9 Å². The predicted octanol–water partition coefficient (Wildman–Crippen LogP) is 3.60. The molecule has 1 aliphatic heterocycles. The number of hydrogen-bond acceptors (Lipinski definition) is 8. The average Bonchev–Trinajstić information content (AvgIpc) is 3.29. The molecule has 0 saturated carbocycles. The third kappa shape index (κ3) is 3.88. The smallest absolute Gasteiger partial charge is 0.254 e. The van der Waals surface area contributed by atoms with Gasteiger partial charge in [0.05, 0.1) is 33.1 Å². The number of rotatable bonds is 6. The van der Waals surface area contributed by atoms with Crippen LogP contribution >= 0.6 is 11.3 Å². The minimum absolute atomic E-state index is 0.0642. The highest BCUT2D eigenvalue weighted by atomic mass is 32.1. The zero-order chi connectivity index (χ0) is 22.8. The molecular weight excluding hydrogens is 430 g/mol. The lowest BCUT2D eigenvalue weighted by Gasteiger charge is -2.34. The molecule has 0 radical (unpaired) electrons. The van der Waals surface area contributed by atoms with E-state index in [1.54, 1.807) is 51.9 Å². The van der Waals surface area contributed by atoms with Crippen LogP contribution in [0.15, 0.2) is 24.3 Å². The Kier molecular flexibility index (Phi) is 6.27. The molecule has 9 heteroatoms. The van der Waals surface area contributed by atoms with Gasteiger partial charge in [0.2, 0.25) is 5.75 Å². The zero-order valence-electron chi connectivity index (χ0n) is 18.9. The van der Waals surface area contributed by atoms with Crippen LogP contribution < -0.4 is 23.8 Å². The fourth-order valence-corrected chi connectivity index (χ4v) is 4.99. The normalized spacial score (nSPS) is 13.9. The first kappa shape index (κ1) is 22.0. The highest BCUT2D eigenvalue weighted by Gasteiger charge is 2.26. The van der Waals surface area contributed by atoms with Crippen LogP contribution in [0.4, 0.5) is 5.13 Å². The third-order valence-electron chi connectivity index (χ3n) is 5.66. The van der Waals surface area contributed by atoms with Gasteiger partial charge in [0.25, 0.3) is 5.91 Å². The summed E-state index contributed by atoms with van der Waals surface area (Å²) in [6, 6.07) is 7.39. The molecule has 0 unspecified atom stereocenters. The fraction of sp³-hybridized carbons (Fsp3) is 0.391. The number of anilines is 1. The topological polar surface area (TPSA) is 73.4 Å². The molecule has 1 saturated heterocycles. The molecule has 0 atom stereocenters. The standard InChI is InChI=1S/C23H27N3O5S/c1-14-6-7-16(28-2)19-21(14)32-23(24-19)26-10-8-25(9-11-26)22(27)15-12-17(29-3)20(31-5)18(13-15)30-4/h6-7,12-13H,8-11H2,1-5H3. The van der Waals surface area contributed by atoms with Crippen LogP contribution in [0.3, 0.4) is 0 Å². The van der Waals surface area contributed by atoms with Crippen molar-refractivity contribution in [3.63, 3.8) is 0 Å². The molecule has 8 nitrogen and oxygen atoms in total. The second-order valence-corrected chi connectivity index (χ2v) is 8.43. The lowest BCUT2D eigenvalue weighted by molar-refractivity contribution is 0.0746. The number of aryl methyl sites for hydroxylation is 1. The molecule has 0 N–H and O–H groups in total. The van der Waals surface area contributed by atoms with E-state index in [2.05, 4.69) is 17.9 Å². The molecule has 0 spiro atoms. The SMILES string of the molecule is COc1cc(C(=O)N2CCN(c3nc4c(OC)ccc(C)c4s3)CC2)cc(OC)c1OC. The van der Waals surface area contributed by atoms with E-state index in [-0.39, 0.29) is 5.91 Å². The van der Waals surface area contributed by atoms with Gasteiger partial charge in [-0.15, -0.1) is 0 Å². The van der Waals surface area contributed by atoms with E-state index < -0.39 is 0 Å². The molecule has 1 aliphatic rings. The minimum Gasteiger partial charge on any atom is -0.494 e. The number of aromatic nitrogens is 1. The summed E-state index contributed by atoms with van der Waals surface area (Å²) in [5.74, 6) is 2.12. The summed E-state index contributed by atoms with van der Waals surface area (Å²) in [6.45, 7) is 4.69. The summed E-state index contributed by atoms with van der Waals surface area (Å²) in [7, 11) is 6.29. The number of carbonyl (C=O) groups excluding carboxylic acids is 1. The summed E-state index contributed by atoms with van der Waals surface area (Å²) >= 11 is 1.66. The Balaban J connectivity index is 1.51. The molecular formula is C23H27N3O5S. The van der Waals surface area contributed by atoms with Crippen molar-refractivity contribution in [2.75, 3.05) is 59.5 Å². The van der Waals surface area contributed by atoms with Gasteiger partial charge in [-0.3, -0.25) is 4.79 Å². The van der Waals surface area contributed by atoms with Gasteiger partial charge in [0.1, 0.15) is 11.3 Å². The zero-order valence-corrected chi connectivity index (χ0v) is 19.7. The maximum absolute atomic E-state index is 13.2. The Labute approximate surface area is 191 Å². The van der Waals surface area contributed by atoms with Crippen molar-refractivity contribution in [1.29, 1.82) is 0 Å². The van der Waals surface area contributed by atoms with Gasteiger partial charge in [-0.25, -0.2) is 4.98 Å². The number of methoxy groups -OCH3 is 4. The molecule has 0 bridgehead atoms. The van der Waals surface area contributed by atoms with E-state index in [1.165, 1.54) is 5.56 Å². The van der Waals surface area contributed by atoms with Gasteiger partial charge in [-0.05, 0) is 30.7 Å². The van der Waals surface area contributed by atoms with Crippen LogP contribution in [0.2, 0.25) is 0 Å². The molecule has 4 rings (SSSR count). The second-order valence-electron chi connectivity index (χ2n) is 7.45. The number of piperazine rings is 1. The van der Waals surface area contributed by atoms with Gasteiger partial charge in [0, 0.05) is 31.7 Å². The lowest BCUT2D eigenvalue weighted by atomic mass is 10.1. The number of carbonyl (C=O) groups is 1. The Morgan fingerprint density at radius 1 is 0.906 bits per heavy atom. The summed E-state index contributed by atoms with van der Waals surface area (Å²) in [5, 5.41) is 0.951. The molecule has 32 heavy (non-hydrogen) atoms. The van der Waals surface area contributed by atoms with Crippen molar-refractivity contribution < 1.29 is 23.7 Å². The number of benzene rings is 2. The van der Waals surface area contributed by atoms with Crippen LogP contribution in [-0.4, -0.2) is 70.4 Å². The Morgan fingerprint density at radius 3 is 2.09 bits per heavy atom. The first-order valence-corrected chi connectivity index (χ1v) is 11.1. The van der Waals surface area contributed by atoms with Crippen molar-refractivity contribution >= 4 is 32.6 Å². The molecule has 0 aliphatic carbocycles. The first-order chi connectivity index (χ1) is 15.5. The molecule has 1 fully saturated rings. The Hall–Kier alpha value is -3.20. The highest BCUT2D eigenvalue weighted by Crippen LogP contribution is 2.39. The van der Waals surface area contributed by atoms with Crippen molar-refractivity contribution in [2.24, 2.45) is 0 Å². The molecule has 1 aromatic heterocycles. The van der Waals surface area contributed by atoms with Crippen molar-refractivity contribution in [3.8, 4) is 23.0 Å². The second kappa shape index (κ2) is 9.12. The molecule has 2 heterocycles. The molecule has 3 aromatic rings. The average molecular weight is 458 g/mol. The number of fused-ring (bicyclic) bond motifs is 1. The lowest BCUT2D eigenvalue weighted by Crippen LogP contribution is -2.48. The minimum atomic E-state index is -0.0642. The van der Waals surface area contributed by atoms with Gasteiger partial charge >= 0.3 is 0 Å². The number of nitrogens with zero attached hydrogens (tertiary/aromatic N) is 3. The van der Waals surface area contributed by atoms with Crippen molar-refractivity contribution in [3.05, 3.63) is 35.4 Å². The van der Waals surface area contributed by atoms with E-state index in [0.717, 1.165) is 21.1 Å². The first-order valence-electron chi connectivity index (χ1n) is 10.3. The van der Waals surface area contributed by atoms with Gasteiger partial charge in [-0.2, -0.15) is 0 Å². The Bertz CT molecular complexity index is 1110. The summed E-state index contributed by atoms with van der Waals surface area (Å²) in [4.78, 5) is 22.1. The van der Waals surface area contributed by atoms with E-state index in [9.17, 15) is 4.79 Å².